The minimum Gasteiger partial charge on any atom is -0.390 e. The van der Waals surface area contributed by atoms with Gasteiger partial charge < -0.3 is 5.11 Å². The molecule has 1 aliphatic carbocycles. The largest absolute Gasteiger partial charge is 0.390 e. The molecule has 2 heteroatoms. The fraction of sp³-hybridized carbons (Fsp3) is 1.00. The van der Waals surface area contributed by atoms with Gasteiger partial charge in [-0.15, -0.1) is 0 Å². The summed E-state index contributed by atoms with van der Waals surface area (Å²) in [5.41, 5.74) is -0.314. The Morgan fingerprint density at radius 3 is 2.14 bits per heavy atom. The van der Waals surface area contributed by atoms with Crippen molar-refractivity contribution in [1.82, 2.24) is 0 Å². The third kappa shape index (κ3) is 1.29. The van der Waals surface area contributed by atoms with Crippen LogP contribution in [0.1, 0.15) is 19.8 Å². The van der Waals surface area contributed by atoms with E-state index in [9.17, 15) is 0 Å². The van der Waals surface area contributed by atoms with E-state index in [0.29, 0.717) is 0 Å². The fourth-order valence-electron chi connectivity index (χ4n) is 0.895. The zero-order chi connectivity index (χ0) is 5.49. The molecule has 0 saturated heterocycles. The molecule has 0 radical (unpaired) electrons. The highest BCUT2D eigenvalue weighted by molar-refractivity contribution is 14.1. The number of rotatable bonds is 0. The number of hydrogen-bond acceptors (Lipinski definition) is 1. The Morgan fingerprint density at radius 2 is 2.14 bits per heavy atom. The Hall–Kier alpha value is 0.690. The summed E-state index contributed by atoms with van der Waals surface area (Å²) in [6.07, 6.45) is 1.96. The molecule has 1 nitrogen and oxygen atoms in total. The molecule has 1 saturated carbocycles. The molecule has 0 aromatic rings. The lowest BCUT2D eigenvalue weighted by Gasteiger charge is -2.37. The maximum atomic E-state index is 9.08. The SMILES string of the molecule is CC1(O)CC(I)C1. The maximum absolute atomic E-state index is 9.08. The predicted octanol–water partition coefficient (Wildman–Crippen LogP) is 1.33. The number of halogens is 1. The monoisotopic (exact) mass is 212 g/mol. The van der Waals surface area contributed by atoms with Crippen molar-refractivity contribution >= 4 is 22.6 Å². The Labute approximate surface area is 57.2 Å². The van der Waals surface area contributed by atoms with E-state index in [0.717, 1.165) is 16.8 Å². The molecule has 42 valence electrons. The van der Waals surface area contributed by atoms with E-state index >= 15 is 0 Å². The summed E-state index contributed by atoms with van der Waals surface area (Å²) in [5, 5.41) is 9.08. The van der Waals surface area contributed by atoms with Crippen molar-refractivity contribution in [1.29, 1.82) is 0 Å². The van der Waals surface area contributed by atoms with Crippen LogP contribution in [0.15, 0.2) is 0 Å². The summed E-state index contributed by atoms with van der Waals surface area (Å²) < 4.78 is 0.729. The van der Waals surface area contributed by atoms with Gasteiger partial charge >= 0.3 is 0 Å². The standard InChI is InChI=1S/C5H9IO/c1-5(7)2-4(6)3-5/h4,7H,2-3H2,1H3. The topological polar surface area (TPSA) is 20.2 Å². The van der Waals surface area contributed by atoms with Gasteiger partial charge in [0.15, 0.2) is 0 Å². The molecule has 0 aliphatic heterocycles. The molecule has 1 N–H and O–H groups in total. The van der Waals surface area contributed by atoms with E-state index in [1.807, 2.05) is 6.92 Å². The van der Waals surface area contributed by atoms with Crippen LogP contribution in [0, 0.1) is 0 Å². The first kappa shape index (κ1) is 5.82. The molecule has 0 aromatic heterocycles. The van der Waals surface area contributed by atoms with Crippen molar-refractivity contribution in [3.05, 3.63) is 0 Å². The summed E-state index contributed by atoms with van der Waals surface area (Å²) in [7, 11) is 0. The van der Waals surface area contributed by atoms with Gasteiger partial charge in [-0.2, -0.15) is 0 Å². The molecule has 0 aromatic carbocycles. The zero-order valence-electron chi connectivity index (χ0n) is 4.32. The van der Waals surface area contributed by atoms with E-state index in [1.165, 1.54) is 0 Å². The highest BCUT2D eigenvalue weighted by Gasteiger charge is 2.36. The second-order valence-corrected chi connectivity index (χ2v) is 4.26. The Kier molecular flexibility index (Phi) is 1.32. The van der Waals surface area contributed by atoms with E-state index in [2.05, 4.69) is 22.6 Å². The van der Waals surface area contributed by atoms with Crippen LogP contribution in [0.5, 0.6) is 0 Å². The highest BCUT2D eigenvalue weighted by atomic mass is 127. The van der Waals surface area contributed by atoms with Crippen LogP contribution in [-0.4, -0.2) is 14.6 Å². The average Bonchev–Trinajstić information content (AvgIpc) is 1.27. The van der Waals surface area contributed by atoms with Crippen molar-refractivity contribution < 1.29 is 5.11 Å². The summed E-state index contributed by atoms with van der Waals surface area (Å²) in [6.45, 7) is 1.89. The minimum atomic E-state index is -0.314. The maximum Gasteiger partial charge on any atom is 0.0639 e. The smallest absolute Gasteiger partial charge is 0.0639 e. The third-order valence-electron chi connectivity index (χ3n) is 1.32. The van der Waals surface area contributed by atoms with Gasteiger partial charge in [0.1, 0.15) is 0 Å². The molecule has 0 amide bonds. The van der Waals surface area contributed by atoms with Crippen LogP contribution in [0.25, 0.3) is 0 Å². The van der Waals surface area contributed by atoms with Gasteiger partial charge in [0, 0.05) is 3.92 Å². The van der Waals surface area contributed by atoms with Crippen LogP contribution < -0.4 is 0 Å². The number of aliphatic hydroxyl groups is 1. The molecule has 0 unspecified atom stereocenters. The van der Waals surface area contributed by atoms with Crippen LogP contribution >= 0.6 is 22.6 Å². The summed E-state index contributed by atoms with van der Waals surface area (Å²) in [4.78, 5) is 0. The second-order valence-electron chi connectivity index (χ2n) is 2.50. The van der Waals surface area contributed by atoms with Gasteiger partial charge in [-0.05, 0) is 19.8 Å². The Bertz CT molecular complexity index is 72.1. The minimum absolute atomic E-state index is 0.314. The van der Waals surface area contributed by atoms with E-state index < -0.39 is 0 Å². The molecule has 7 heavy (non-hydrogen) atoms. The van der Waals surface area contributed by atoms with Crippen molar-refractivity contribution in [3.63, 3.8) is 0 Å². The van der Waals surface area contributed by atoms with Crippen molar-refractivity contribution in [2.45, 2.75) is 29.3 Å². The first-order valence-electron chi connectivity index (χ1n) is 2.47. The summed E-state index contributed by atoms with van der Waals surface area (Å²) in [5.74, 6) is 0. The first-order chi connectivity index (χ1) is 3.10. The molecule has 0 heterocycles. The molecular weight excluding hydrogens is 203 g/mol. The lowest BCUT2D eigenvalue weighted by molar-refractivity contribution is -0.00572. The molecule has 0 atom stereocenters. The third-order valence-corrected chi connectivity index (χ3v) is 2.20. The molecular formula is C5H9IO. The van der Waals surface area contributed by atoms with E-state index in [4.69, 9.17) is 5.11 Å². The predicted molar refractivity (Wildman–Crippen MR) is 37.7 cm³/mol. The van der Waals surface area contributed by atoms with Gasteiger partial charge in [0.2, 0.25) is 0 Å². The van der Waals surface area contributed by atoms with Gasteiger partial charge in [-0.1, -0.05) is 22.6 Å². The van der Waals surface area contributed by atoms with Crippen molar-refractivity contribution in [2.24, 2.45) is 0 Å². The fourth-order valence-corrected chi connectivity index (χ4v) is 2.79. The van der Waals surface area contributed by atoms with Crippen molar-refractivity contribution in [3.8, 4) is 0 Å². The lowest BCUT2D eigenvalue weighted by Crippen LogP contribution is -2.40. The van der Waals surface area contributed by atoms with Crippen LogP contribution in [0.2, 0.25) is 0 Å². The summed E-state index contributed by atoms with van der Waals surface area (Å²) >= 11 is 2.36. The van der Waals surface area contributed by atoms with Gasteiger partial charge in [0.25, 0.3) is 0 Å². The Morgan fingerprint density at radius 1 is 1.71 bits per heavy atom. The highest BCUT2D eigenvalue weighted by Crippen LogP contribution is 2.36. The van der Waals surface area contributed by atoms with E-state index in [1.54, 1.807) is 0 Å². The van der Waals surface area contributed by atoms with Gasteiger partial charge in [0.05, 0.1) is 5.60 Å². The van der Waals surface area contributed by atoms with Gasteiger partial charge in [-0.3, -0.25) is 0 Å². The molecule has 0 spiro atoms. The quantitative estimate of drug-likeness (QED) is 0.474. The normalized spacial score (nSPS) is 51.0. The van der Waals surface area contributed by atoms with Crippen LogP contribution in [0.4, 0.5) is 0 Å². The van der Waals surface area contributed by atoms with E-state index in [-0.39, 0.29) is 5.60 Å². The molecule has 1 fully saturated rings. The van der Waals surface area contributed by atoms with Gasteiger partial charge in [-0.25, -0.2) is 0 Å². The Balaban J connectivity index is 2.29. The first-order valence-corrected chi connectivity index (χ1v) is 3.71. The van der Waals surface area contributed by atoms with Crippen LogP contribution in [0.3, 0.4) is 0 Å². The summed E-state index contributed by atoms with van der Waals surface area (Å²) in [6, 6.07) is 0. The lowest BCUT2D eigenvalue weighted by atomic mass is 9.82. The molecule has 0 bridgehead atoms. The molecule has 1 aliphatic rings. The van der Waals surface area contributed by atoms with Crippen LogP contribution in [-0.2, 0) is 0 Å². The average molecular weight is 212 g/mol. The van der Waals surface area contributed by atoms with Crippen molar-refractivity contribution in [2.75, 3.05) is 0 Å². The second kappa shape index (κ2) is 1.58. The number of hydrogen-bond donors (Lipinski definition) is 1. The molecule has 1 rings (SSSR count). The zero-order valence-corrected chi connectivity index (χ0v) is 6.47. The number of alkyl halides is 1.